The second-order valence-electron chi connectivity index (χ2n) is 10.1. The predicted octanol–water partition coefficient (Wildman–Crippen LogP) is 1.29. The number of hydrogen-bond acceptors (Lipinski definition) is 7. The van der Waals surface area contributed by atoms with Gasteiger partial charge in [0.1, 0.15) is 30.2 Å². The third-order valence-corrected chi connectivity index (χ3v) is 8.49. The highest BCUT2D eigenvalue weighted by atomic mass is 16.7. The molecule has 0 amide bonds. The van der Waals surface area contributed by atoms with Gasteiger partial charge in [-0.25, -0.2) is 0 Å². The molecule has 1 aromatic carbocycles. The van der Waals surface area contributed by atoms with Crippen LogP contribution in [0.1, 0.15) is 56.6 Å². The Bertz CT molecular complexity index is 871. The van der Waals surface area contributed by atoms with Gasteiger partial charge in [0.25, 0.3) is 0 Å². The summed E-state index contributed by atoms with van der Waals surface area (Å²) in [5, 5.41) is 40.3. The Morgan fingerprint density at radius 3 is 2.65 bits per heavy atom. The van der Waals surface area contributed by atoms with Crippen LogP contribution in [0, 0.1) is 17.3 Å². The molecule has 1 saturated heterocycles. The van der Waals surface area contributed by atoms with Gasteiger partial charge < -0.3 is 29.9 Å². The molecule has 7 heteroatoms. The van der Waals surface area contributed by atoms with Gasteiger partial charge in [-0.3, -0.25) is 4.79 Å². The minimum atomic E-state index is -1.34. The van der Waals surface area contributed by atoms with Crippen molar-refractivity contribution in [3.8, 4) is 5.75 Å². The van der Waals surface area contributed by atoms with E-state index in [9.17, 15) is 25.2 Å². The lowest BCUT2D eigenvalue weighted by atomic mass is 9.55. The Labute approximate surface area is 182 Å². The molecule has 31 heavy (non-hydrogen) atoms. The van der Waals surface area contributed by atoms with E-state index in [1.807, 2.05) is 19.1 Å². The first-order chi connectivity index (χ1) is 14.7. The number of aryl methyl sites for hydroxylation is 1. The summed E-state index contributed by atoms with van der Waals surface area (Å²) in [5.74, 6) is 1.60. The summed E-state index contributed by atoms with van der Waals surface area (Å²) in [5.41, 5.74) is 2.09. The highest BCUT2D eigenvalue weighted by Crippen LogP contribution is 2.59. The van der Waals surface area contributed by atoms with E-state index in [1.54, 1.807) is 6.92 Å². The SMILES string of the molecule is C[C@H]1OC(Oc2ccc3c(c2)CC[C@@H]2[C@@H]3CC[C@]3(C)C(=O)[C@@H](O)C[C@@H]23)[C@H](O)[C@@H](O)[C@@H]1O. The number of aliphatic hydroxyl groups excluding tert-OH is 4. The molecular weight excluding hydrogens is 400 g/mol. The van der Waals surface area contributed by atoms with Crippen LogP contribution in [0.4, 0.5) is 0 Å². The van der Waals surface area contributed by atoms with Gasteiger partial charge in [-0.2, -0.15) is 0 Å². The molecule has 1 aromatic rings. The number of carbonyl (C=O) groups excluding carboxylic acids is 1. The number of benzene rings is 1. The van der Waals surface area contributed by atoms with Gasteiger partial charge in [0.15, 0.2) is 5.78 Å². The van der Waals surface area contributed by atoms with Crippen molar-refractivity contribution >= 4 is 5.78 Å². The van der Waals surface area contributed by atoms with Crippen LogP contribution in [-0.4, -0.2) is 63.0 Å². The Kier molecular flexibility index (Phi) is 5.18. The van der Waals surface area contributed by atoms with E-state index in [0.29, 0.717) is 24.0 Å². The summed E-state index contributed by atoms with van der Waals surface area (Å²) in [7, 11) is 0. The summed E-state index contributed by atoms with van der Waals surface area (Å²) < 4.78 is 11.4. The molecule has 0 spiro atoms. The van der Waals surface area contributed by atoms with E-state index in [1.165, 1.54) is 11.1 Å². The molecule has 3 fully saturated rings. The maximum Gasteiger partial charge on any atom is 0.229 e. The van der Waals surface area contributed by atoms with Crippen LogP contribution in [0.2, 0.25) is 0 Å². The summed E-state index contributed by atoms with van der Waals surface area (Å²) in [6.07, 6.45) is -2.16. The number of ether oxygens (including phenoxy) is 2. The lowest BCUT2D eigenvalue weighted by Crippen LogP contribution is -2.58. The molecule has 0 aromatic heterocycles. The largest absolute Gasteiger partial charge is 0.462 e. The maximum absolute atomic E-state index is 12.6. The van der Waals surface area contributed by atoms with Crippen LogP contribution in [0.5, 0.6) is 5.75 Å². The fraction of sp³-hybridized carbons (Fsp3) is 0.708. The zero-order chi connectivity index (χ0) is 22.1. The predicted molar refractivity (Wildman–Crippen MR) is 110 cm³/mol. The minimum absolute atomic E-state index is 0.0260. The monoisotopic (exact) mass is 432 g/mol. The van der Waals surface area contributed by atoms with Crippen molar-refractivity contribution < 1.29 is 34.7 Å². The summed E-state index contributed by atoms with van der Waals surface area (Å²) in [6.45, 7) is 3.67. The number of hydrogen-bond donors (Lipinski definition) is 4. The number of aliphatic hydroxyl groups is 4. The Morgan fingerprint density at radius 2 is 1.87 bits per heavy atom. The molecule has 1 aliphatic heterocycles. The standard InChI is InChI=1S/C24H32O7/c1-11-19(26)20(27)21(28)23(30-11)31-13-4-6-14-12(9-13)3-5-16-15(14)7-8-24(2)17(16)10-18(25)22(24)29/h4,6,9,11,15-21,23,25-28H,3,5,7-8,10H2,1-2H3/t11-,15-,16-,17+,18+,19-,20+,21-,23?,24+/m1/s1. The van der Waals surface area contributed by atoms with Crippen molar-refractivity contribution in [2.24, 2.45) is 17.3 Å². The second kappa shape index (κ2) is 7.52. The molecule has 4 N–H and O–H groups in total. The van der Waals surface area contributed by atoms with Gasteiger partial charge in [-0.05, 0) is 80.0 Å². The molecule has 3 aliphatic carbocycles. The number of Topliss-reactive ketones (excluding diaryl/α,β-unsaturated/α-hetero) is 1. The summed E-state index contributed by atoms with van der Waals surface area (Å²) >= 11 is 0. The fourth-order valence-electron chi connectivity index (χ4n) is 6.67. The van der Waals surface area contributed by atoms with Crippen molar-refractivity contribution in [2.75, 3.05) is 0 Å². The van der Waals surface area contributed by atoms with Crippen LogP contribution >= 0.6 is 0 Å². The van der Waals surface area contributed by atoms with Gasteiger partial charge in [0, 0.05) is 5.41 Å². The van der Waals surface area contributed by atoms with Gasteiger partial charge in [0.2, 0.25) is 6.29 Å². The highest BCUT2D eigenvalue weighted by Gasteiger charge is 2.57. The summed E-state index contributed by atoms with van der Waals surface area (Å²) in [6, 6.07) is 5.91. The lowest BCUT2D eigenvalue weighted by molar-refractivity contribution is -0.268. The molecule has 2 saturated carbocycles. The average molecular weight is 433 g/mol. The van der Waals surface area contributed by atoms with Crippen LogP contribution < -0.4 is 4.74 Å². The number of carbonyl (C=O) groups is 1. The quantitative estimate of drug-likeness (QED) is 0.556. The first kappa shape index (κ1) is 21.3. The van der Waals surface area contributed by atoms with Crippen molar-refractivity contribution in [3.63, 3.8) is 0 Å². The van der Waals surface area contributed by atoms with Gasteiger partial charge in [-0.1, -0.05) is 13.0 Å². The van der Waals surface area contributed by atoms with Gasteiger partial charge in [-0.15, -0.1) is 0 Å². The molecule has 1 unspecified atom stereocenters. The molecule has 7 nitrogen and oxygen atoms in total. The van der Waals surface area contributed by atoms with E-state index in [4.69, 9.17) is 9.47 Å². The van der Waals surface area contributed by atoms with Crippen LogP contribution in [0.25, 0.3) is 0 Å². The first-order valence-electron chi connectivity index (χ1n) is 11.4. The van der Waals surface area contributed by atoms with E-state index < -0.39 is 42.2 Å². The first-order valence-corrected chi connectivity index (χ1v) is 11.4. The maximum atomic E-state index is 12.6. The molecule has 0 radical (unpaired) electrons. The van der Waals surface area contributed by atoms with Crippen molar-refractivity contribution in [3.05, 3.63) is 29.3 Å². The molecular formula is C24H32O7. The zero-order valence-corrected chi connectivity index (χ0v) is 18.0. The second-order valence-corrected chi connectivity index (χ2v) is 10.1. The number of fused-ring (bicyclic) bond motifs is 5. The highest BCUT2D eigenvalue weighted by molar-refractivity contribution is 5.91. The molecule has 170 valence electrons. The van der Waals surface area contributed by atoms with E-state index in [2.05, 4.69) is 6.07 Å². The third kappa shape index (κ3) is 3.25. The van der Waals surface area contributed by atoms with Crippen molar-refractivity contribution in [1.29, 1.82) is 0 Å². The Balaban J connectivity index is 1.35. The van der Waals surface area contributed by atoms with Crippen molar-refractivity contribution in [2.45, 2.75) is 88.7 Å². The van der Waals surface area contributed by atoms with E-state index in [-0.39, 0.29) is 11.7 Å². The summed E-state index contributed by atoms with van der Waals surface area (Å²) in [4.78, 5) is 12.6. The molecule has 1 heterocycles. The Hall–Kier alpha value is -1.51. The van der Waals surface area contributed by atoms with Gasteiger partial charge in [0.05, 0.1) is 6.10 Å². The molecule has 5 rings (SSSR count). The van der Waals surface area contributed by atoms with Gasteiger partial charge >= 0.3 is 0 Å². The van der Waals surface area contributed by atoms with Crippen molar-refractivity contribution in [1.82, 2.24) is 0 Å². The number of rotatable bonds is 2. The number of ketones is 1. The molecule has 10 atom stereocenters. The normalized spacial score (nSPS) is 46.8. The van der Waals surface area contributed by atoms with Crippen LogP contribution in [0.15, 0.2) is 18.2 Å². The topological polar surface area (TPSA) is 116 Å². The van der Waals surface area contributed by atoms with E-state index in [0.717, 1.165) is 25.7 Å². The molecule has 4 aliphatic rings. The minimum Gasteiger partial charge on any atom is -0.462 e. The zero-order valence-electron chi connectivity index (χ0n) is 18.0. The lowest BCUT2D eigenvalue weighted by Gasteiger charge is -2.48. The smallest absolute Gasteiger partial charge is 0.229 e. The fourth-order valence-corrected chi connectivity index (χ4v) is 6.67. The van der Waals surface area contributed by atoms with Crippen LogP contribution in [0.3, 0.4) is 0 Å². The molecule has 0 bridgehead atoms. The third-order valence-electron chi connectivity index (χ3n) is 8.49. The average Bonchev–Trinajstić information content (AvgIpc) is 2.99. The van der Waals surface area contributed by atoms with Crippen LogP contribution in [-0.2, 0) is 16.0 Å². The Morgan fingerprint density at radius 1 is 1.10 bits per heavy atom. The van der Waals surface area contributed by atoms with E-state index >= 15 is 0 Å².